The summed E-state index contributed by atoms with van der Waals surface area (Å²) in [7, 11) is 0. The maximum Gasteiger partial charge on any atom is 0.185 e. The van der Waals surface area contributed by atoms with E-state index in [1.165, 1.54) is 6.42 Å². The van der Waals surface area contributed by atoms with Gasteiger partial charge in [0.15, 0.2) is 5.13 Å². The van der Waals surface area contributed by atoms with Crippen LogP contribution < -0.4 is 10.6 Å². The van der Waals surface area contributed by atoms with E-state index >= 15 is 0 Å². The van der Waals surface area contributed by atoms with Gasteiger partial charge in [-0.05, 0) is 12.8 Å². The van der Waals surface area contributed by atoms with Crippen LogP contribution in [-0.2, 0) is 4.74 Å². The van der Waals surface area contributed by atoms with E-state index in [0.29, 0.717) is 19.3 Å². The first-order valence-electron chi connectivity index (χ1n) is 5.36. The number of hydrogen-bond donors (Lipinski definition) is 1. The van der Waals surface area contributed by atoms with Crippen LogP contribution in [0.3, 0.4) is 0 Å². The van der Waals surface area contributed by atoms with Crippen LogP contribution in [0.15, 0.2) is 11.6 Å². The van der Waals surface area contributed by atoms with Gasteiger partial charge < -0.3 is 15.4 Å². The lowest BCUT2D eigenvalue weighted by molar-refractivity contribution is 0.0488. The van der Waals surface area contributed by atoms with Crippen LogP contribution in [0.4, 0.5) is 5.13 Å². The number of piperidine rings is 1. The fraction of sp³-hybridized carbons (Fsp3) is 0.700. The predicted octanol–water partition coefficient (Wildman–Crippen LogP) is 1.09. The Morgan fingerprint density at radius 3 is 3.33 bits per heavy atom. The summed E-state index contributed by atoms with van der Waals surface area (Å²) in [6.07, 6.45) is 4.49. The first kappa shape index (κ1) is 10.9. The molecule has 84 valence electrons. The summed E-state index contributed by atoms with van der Waals surface area (Å²) in [6.45, 7) is 3.31. The highest BCUT2D eigenvalue weighted by molar-refractivity contribution is 7.13. The molecule has 0 aliphatic carbocycles. The van der Waals surface area contributed by atoms with Gasteiger partial charge in [-0.2, -0.15) is 0 Å². The molecule has 4 nitrogen and oxygen atoms in total. The predicted molar refractivity (Wildman–Crippen MR) is 62.4 cm³/mol. The lowest BCUT2D eigenvalue weighted by Gasteiger charge is -2.32. The van der Waals surface area contributed by atoms with E-state index in [-0.39, 0.29) is 0 Å². The highest BCUT2D eigenvalue weighted by atomic mass is 32.1. The summed E-state index contributed by atoms with van der Waals surface area (Å²) in [5.41, 5.74) is 5.43. The van der Waals surface area contributed by atoms with Gasteiger partial charge >= 0.3 is 0 Å². The van der Waals surface area contributed by atoms with E-state index in [9.17, 15) is 0 Å². The van der Waals surface area contributed by atoms with Crippen molar-refractivity contribution in [1.82, 2.24) is 4.98 Å². The fourth-order valence-corrected chi connectivity index (χ4v) is 2.53. The molecule has 5 heteroatoms. The Kier molecular flexibility index (Phi) is 3.94. The van der Waals surface area contributed by atoms with Crippen LogP contribution in [0, 0.1) is 0 Å². The molecule has 1 fully saturated rings. The molecule has 1 saturated heterocycles. The van der Waals surface area contributed by atoms with Gasteiger partial charge in [0, 0.05) is 31.2 Å². The Labute approximate surface area is 94.1 Å². The third kappa shape index (κ3) is 2.90. The summed E-state index contributed by atoms with van der Waals surface area (Å²) < 4.78 is 5.67. The first-order chi connectivity index (χ1) is 7.40. The molecule has 0 spiro atoms. The van der Waals surface area contributed by atoms with Crippen molar-refractivity contribution in [3.63, 3.8) is 0 Å². The molecular weight excluding hydrogens is 210 g/mol. The van der Waals surface area contributed by atoms with Crippen molar-refractivity contribution < 1.29 is 4.74 Å². The number of rotatable bonds is 4. The maximum atomic E-state index is 5.67. The Bertz CT molecular complexity index is 278. The second-order valence-corrected chi connectivity index (χ2v) is 4.56. The van der Waals surface area contributed by atoms with Gasteiger partial charge in [-0.25, -0.2) is 4.98 Å². The zero-order valence-corrected chi connectivity index (χ0v) is 9.58. The molecule has 0 unspecified atom stereocenters. The van der Waals surface area contributed by atoms with Crippen molar-refractivity contribution in [2.24, 2.45) is 5.73 Å². The number of ether oxygens (including phenoxy) is 1. The van der Waals surface area contributed by atoms with Gasteiger partial charge in [-0.15, -0.1) is 11.3 Å². The third-order valence-corrected chi connectivity index (χ3v) is 3.37. The van der Waals surface area contributed by atoms with Crippen molar-refractivity contribution in [3.8, 4) is 0 Å². The molecule has 1 aromatic rings. The van der Waals surface area contributed by atoms with E-state index in [0.717, 1.165) is 24.6 Å². The number of hydrogen-bond acceptors (Lipinski definition) is 5. The standard InChI is InChI=1S/C10H17N3OS/c11-3-6-14-9-2-1-5-13(8-9)10-12-4-7-15-10/h4,7,9H,1-3,5-6,8,11H2/t9-/m1/s1. The topological polar surface area (TPSA) is 51.4 Å². The van der Waals surface area contributed by atoms with Crippen molar-refractivity contribution in [2.75, 3.05) is 31.1 Å². The summed E-state index contributed by atoms with van der Waals surface area (Å²) in [4.78, 5) is 6.62. The number of nitrogens with two attached hydrogens (primary N) is 1. The number of nitrogens with zero attached hydrogens (tertiary/aromatic N) is 2. The molecule has 1 aliphatic heterocycles. The number of thiazole rings is 1. The average Bonchev–Trinajstić information content (AvgIpc) is 2.80. The van der Waals surface area contributed by atoms with Crippen LogP contribution in [0.2, 0.25) is 0 Å². The van der Waals surface area contributed by atoms with Gasteiger partial charge in [0.1, 0.15) is 0 Å². The van der Waals surface area contributed by atoms with Crippen molar-refractivity contribution in [1.29, 1.82) is 0 Å². The molecule has 15 heavy (non-hydrogen) atoms. The zero-order valence-electron chi connectivity index (χ0n) is 8.76. The van der Waals surface area contributed by atoms with Crippen LogP contribution in [-0.4, -0.2) is 37.3 Å². The molecule has 0 amide bonds. The molecule has 2 N–H and O–H groups in total. The van der Waals surface area contributed by atoms with Gasteiger partial charge in [0.25, 0.3) is 0 Å². The summed E-state index contributed by atoms with van der Waals surface area (Å²) in [5, 5.41) is 3.12. The van der Waals surface area contributed by atoms with E-state index in [1.807, 2.05) is 11.6 Å². The summed E-state index contributed by atoms with van der Waals surface area (Å²) in [5.74, 6) is 0. The highest BCUT2D eigenvalue weighted by Gasteiger charge is 2.21. The number of aromatic nitrogens is 1. The lowest BCUT2D eigenvalue weighted by Crippen LogP contribution is -2.40. The average molecular weight is 227 g/mol. The summed E-state index contributed by atoms with van der Waals surface area (Å²) >= 11 is 1.69. The van der Waals surface area contributed by atoms with Crippen molar-refractivity contribution in [2.45, 2.75) is 18.9 Å². The molecule has 0 aromatic carbocycles. The largest absolute Gasteiger partial charge is 0.375 e. The molecule has 2 rings (SSSR count). The Morgan fingerprint density at radius 2 is 2.60 bits per heavy atom. The molecule has 0 radical (unpaired) electrons. The monoisotopic (exact) mass is 227 g/mol. The second kappa shape index (κ2) is 5.44. The number of anilines is 1. The van der Waals surface area contributed by atoms with E-state index in [1.54, 1.807) is 11.3 Å². The van der Waals surface area contributed by atoms with Crippen LogP contribution in [0.1, 0.15) is 12.8 Å². The maximum absolute atomic E-state index is 5.67. The van der Waals surface area contributed by atoms with Crippen LogP contribution in [0.25, 0.3) is 0 Å². The van der Waals surface area contributed by atoms with Crippen LogP contribution in [0.5, 0.6) is 0 Å². The van der Waals surface area contributed by atoms with Gasteiger partial charge in [0.2, 0.25) is 0 Å². The fourth-order valence-electron chi connectivity index (χ4n) is 1.85. The first-order valence-corrected chi connectivity index (χ1v) is 6.24. The Morgan fingerprint density at radius 1 is 1.67 bits per heavy atom. The molecule has 2 heterocycles. The van der Waals surface area contributed by atoms with E-state index in [2.05, 4.69) is 9.88 Å². The minimum atomic E-state index is 0.325. The van der Waals surface area contributed by atoms with Gasteiger partial charge in [-0.3, -0.25) is 0 Å². The molecule has 1 aromatic heterocycles. The van der Waals surface area contributed by atoms with E-state index < -0.39 is 0 Å². The normalized spacial score (nSPS) is 21.9. The third-order valence-electron chi connectivity index (χ3n) is 2.54. The van der Waals surface area contributed by atoms with Crippen LogP contribution >= 0.6 is 11.3 Å². The Hall–Kier alpha value is -0.650. The molecule has 1 atom stereocenters. The molecule has 0 saturated carbocycles. The smallest absolute Gasteiger partial charge is 0.185 e. The quantitative estimate of drug-likeness (QED) is 0.836. The van der Waals surface area contributed by atoms with Gasteiger partial charge in [-0.1, -0.05) is 0 Å². The van der Waals surface area contributed by atoms with Gasteiger partial charge in [0.05, 0.1) is 12.7 Å². The minimum absolute atomic E-state index is 0.325. The zero-order chi connectivity index (χ0) is 10.5. The molecule has 1 aliphatic rings. The van der Waals surface area contributed by atoms with E-state index in [4.69, 9.17) is 10.5 Å². The molecule has 0 bridgehead atoms. The van der Waals surface area contributed by atoms with Crippen molar-refractivity contribution >= 4 is 16.5 Å². The lowest BCUT2D eigenvalue weighted by atomic mass is 10.1. The second-order valence-electron chi connectivity index (χ2n) is 3.68. The summed E-state index contributed by atoms with van der Waals surface area (Å²) in [6, 6.07) is 0. The SMILES string of the molecule is NCCO[C@@H]1CCCN(c2nccs2)C1. The Balaban J connectivity index is 1.87. The minimum Gasteiger partial charge on any atom is -0.375 e. The molecular formula is C10H17N3OS. The van der Waals surface area contributed by atoms with Crippen molar-refractivity contribution in [3.05, 3.63) is 11.6 Å². The highest BCUT2D eigenvalue weighted by Crippen LogP contribution is 2.22.